The molecule has 0 N–H and O–H groups in total. The zero-order chi connectivity index (χ0) is 9.14. The van der Waals surface area contributed by atoms with Crippen LogP contribution in [0, 0.1) is 6.92 Å². The van der Waals surface area contributed by atoms with Crippen molar-refractivity contribution in [2.45, 2.75) is 6.92 Å². The minimum absolute atomic E-state index is 0.495. The van der Waals surface area contributed by atoms with Crippen molar-refractivity contribution in [2.75, 3.05) is 14.2 Å². The Balaban J connectivity index is 3.19. The lowest BCUT2D eigenvalue weighted by atomic mass is 10.3. The summed E-state index contributed by atoms with van der Waals surface area (Å²) < 4.78 is 10.8. The van der Waals surface area contributed by atoms with Crippen LogP contribution in [0.4, 0.5) is 0 Å². The molecule has 4 heteroatoms. The molecule has 0 atom stereocenters. The van der Waals surface area contributed by atoms with Crippen molar-refractivity contribution in [3.63, 3.8) is 0 Å². The second-order valence-electron chi connectivity index (χ2n) is 2.31. The molecule has 12 heavy (non-hydrogen) atoms. The van der Waals surface area contributed by atoms with Gasteiger partial charge in [0.25, 0.3) is 5.88 Å². The van der Waals surface area contributed by atoms with Crippen molar-refractivity contribution in [3.8, 4) is 11.6 Å². The van der Waals surface area contributed by atoms with Crippen molar-refractivity contribution in [1.82, 2.24) is 4.98 Å². The quantitative estimate of drug-likeness (QED) is 0.732. The van der Waals surface area contributed by atoms with Crippen LogP contribution in [-0.4, -0.2) is 19.2 Å². The predicted molar refractivity (Wildman–Crippen MR) is 49.8 cm³/mol. The minimum Gasteiger partial charge on any atom is -0.491 e. The molecule has 0 unspecified atom stereocenters. The van der Waals surface area contributed by atoms with Gasteiger partial charge in [-0.05, 0) is 34.5 Å². The van der Waals surface area contributed by atoms with Crippen LogP contribution < -0.4 is 9.47 Å². The van der Waals surface area contributed by atoms with Gasteiger partial charge in [0.1, 0.15) is 4.60 Å². The molecule has 0 aliphatic heterocycles. The molecule has 0 aliphatic carbocycles. The monoisotopic (exact) mass is 231 g/mol. The molecule has 0 radical (unpaired) electrons. The summed E-state index contributed by atoms with van der Waals surface area (Å²) in [5.41, 5.74) is 1.02. The molecule has 0 amide bonds. The number of methoxy groups -OCH3 is 2. The zero-order valence-corrected chi connectivity index (χ0v) is 8.81. The maximum Gasteiger partial charge on any atom is 0.257 e. The molecule has 0 aliphatic rings. The molecule has 0 spiro atoms. The van der Waals surface area contributed by atoms with Gasteiger partial charge in [-0.3, -0.25) is 0 Å². The standard InChI is InChI=1S/C8H10BrNO2/c1-5-4-6(11-2)8(12-3)10-7(5)9/h4H,1-3H3. The van der Waals surface area contributed by atoms with Crippen LogP contribution >= 0.6 is 15.9 Å². The lowest BCUT2D eigenvalue weighted by molar-refractivity contribution is 0.342. The summed E-state index contributed by atoms with van der Waals surface area (Å²) >= 11 is 3.30. The summed E-state index contributed by atoms with van der Waals surface area (Å²) in [6, 6.07) is 1.87. The molecule has 1 rings (SSSR count). The maximum absolute atomic E-state index is 5.06. The number of hydrogen-bond acceptors (Lipinski definition) is 3. The number of aromatic nitrogens is 1. The molecule has 0 saturated carbocycles. The van der Waals surface area contributed by atoms with Gasteiger partial charge in [0.15, 0.2) is 5.75 Å². The number of pyridine rings is 1. The van der Waals surface area contributed by atoms with E-state index in [1.54, 1.807) is 14.2 Å². The third-order valence-corrected chi connectivity index (χ3v) is 2.30. The third-order valence-electron chi connectivity index (χ3n) is 1.50. The summed E-state index contributed by atoms with van der Waals surface area (Å²) in [6.07, 6.45) is 0. The summed E-state index contributed by atoms with van der Waals surface area (Å²) in [6.45, 7) is 1.94. The molecule has 1 aromatic rings. The van der Waals surface area contributed by atoms with Gasteiger partial charge in [0.05, 0.1) is 14.2 Å². The first-order valence-corrected chi connectivity index (χ1v) is 4.23. The zero-order valence-electron chi connectivity index (χ0n) is 7.22. The van der Waals surface area contributed by atoms with Crippen molar-refractivity contribution >= 4 is 15.9 Å². The number of ether oxygens (including phenoxy) is 2. The van der Waals surface area contributed by atoms with E-state index < -0.39 is 0 Å². The van der Waals surface area contributed by atoms with Gasteiger partial charge in [-0.2, -0.15) is 0 Å². The molecule has 0 bridgehead atoms. The molecular formula is C8H10BrNO2. The predicted octanol–water partition coefficient (Wildman–Crippen LogP) is 2.17. The smallest absolute Gasteiger partial charge is 0.257 e. The highest BCUT2D eigenvalue weighted by atomic mass is 79.9. The molecule has 0 saturated heterocycles. The molecule has 0 aromatic carbocycles. The van der Waals surface area contributed by atoms with Crippen LogP contribution in [0.2, 0.25) is 0 Å². The molecule has 66 valence electrons. The van der Waals surface area contributed by atoms with Crippen LogP contribution in [-0.2, 0) is 0 Å². The Morgan fingerprint density at radius 2 is 2.00 bits per heavy atom. The van der Waals surface area contributed by atoms with Crippen LogP contribution in [0.3, 0.4) is 0 Å². The van der Waals surface area contributed by atoms with Crippen molar-refractivity contribution in [3.05, 3.63) is 16.2 Å². The highest BCUT2D eigenvalue weighted by molar-refractivity contribution is 9.10. The van der Waals surface area contributed by atoms with E-state index in [0.717, 1.165) is 10.2 Å². The van der Waals surface area contributed by atoms with Crippen LogP contribution in [0.1, 0.15) is 5.56 Å². The Labute approximate surface area is 79.8 Å². The highest BCUT2D eigenvalue weighted by Gasteiger charge is 2.07. The summed E-state index contributed by atoms with van der Waals surface area (Å²) in [4.78, 5) is 4.13. The van der Waals surface area contributed by atoms with Gasteiger partial charge >= 0.3 is 0 Å². The van der Waals surface area contributed by atoms with E-state index in [-0.39, 0.29) is 0 Å². The Hall–Kier alpha value is -0.770. The van der Waals surface area contributed by atoms with Gasteiger partial charge < -0.3 is 9.47 Å². The third kappa shape index (κ3) is 1.69. The summed E-state index contributed by atoms with van der Waals surface area (Å²) in [7, 11) is 3.15. The fourth-order valence-corrected chi connectivity index (χ4v) is 1.12. The largest absolute Gasteiger partial charge is 0.491 e. The van der Waals surface area contributed by atoms with E-state index in [2.05, 4.69) is 20.9 Å². The first kappa shape index (κ1) is 9.32. The molecule has 3 nitrogen and oxygen atoms in total. The maximum atomic E-state index is 5.06. The fourth-order valence-electron chi connectivity index (χ4n) is 0.843. The van der Waals surface area contributed by atoms with Gasteiger partial charge in [-0.15, -0.1) is 0 Å². The number of nitrogens with zero attached hydrogens (tertiary/aromatic N) is 1. The molecule has 1 heterocycles. The number of hydrogen-bond donors (Lipinski definition) is 0. The lowest BCUT2D eigenvalue weighted by Crippen LogP contribution is -1.95. The van der Waals surface area contributed by atoms with Crippen molar-refractivity contribution in [2.24, 2.45) is 0 Å². The molecule has 1 aromatic heterocycles. The topological polar surface area (TPSA) is 31.4 Å². The van der Waals surface area contributed by atoms with Crippen molar-refractivity contribution in [1.29, 1.82) is 0 Å². The normalized spacial score (nSPS) is 9.67. The van der Waals surface area contributed by atoms with Crippen LogP contribution in [0.15, 0.2) is 10.7 Å². The van der Waals surface area contributed by atoms with Crippen molar-refractivity contribution < 1.29 is 9.47 Å². The van der Waals surface area contributed by atoms with Crippen LogP contribution in [0.25, 0.3) is 0 Å². The van der Waals surface area contributed by atoms with E-state index >= 15 is 0 Å². The van der Waals surface area contributed by atoms with E-state index in [1.807, 2.05) is 13.0 Å². The van der Waals surface area contributed by atoms with E-state index in [4.69, 9.17) is 9.47 Å². The second-order valence-corrected chi connectivity index (χ2v) is 3.06. The summed E-state index contributed by atoms with van der Waals surface area (Å²) in [5, 5.41) is 0. The van der Waals surface area contributed by atoms with Gasteiger partial charge in [-0.25, -0.2) is 4.98 Å². The molecule has 0 fully saturated rings. The second kappa shape index (κ2) is 3.76. The van der Waals surface area contributed by atoms with Crippen LogP contribution in [0.5, 0.6) is 11.6 Å². The first-order valence-electron chi connectivity index (χ1n) is 3.44. The van der Waals surface area contributed by atoms with E-state index in [0.29, 0.717) is 11.6 Å². The summed E-state index contributed by atoms with van der Waals surface area (Å²) in [5.74, 6) is 1.15. The Morgan fingerprint density at radius 3 is 2.50 bits per heavy atom. The first-order chi connectivity index (χ1) is 5.69. The number of rotatable bonds is 2. The Morgan fingerprint density at radius 1 is 1.33 bits per heavy atom. The average molecular weight is 232 g/mol. The SMILES string of the molecule is COc1cc(C)c(Br)nc1OC. The average Bonchev–Trinajstić information content (AvgIpc) is 2.09. The minimum atomic E-state index is 0.495. The number of halogens is 1. The van der Waals surface area contributed by atoms with E-state index in [9.17, 15) is 0 Å². The van der Waals surface area contributed by atoms with Gasteiger partial charge in [0, 0.05) is 0 Å². The van der Waals surface area contributed by atoms with Gasteiger partial charge in [-0.1, -0.05) is 0 Å². The van der Waals surface area contributed by atoms with E-state index in [1.165, 1.54) is 0 Å². The van der Waals surface area contributed by atoms with Gasteiger partial charge in [0.2, 0.25) is 0 Å². The highest BCUT2D eigenvalue weighted by Crippen LogP contribution is 2.28. The Bertz CT molecular complexity index is 260. The fraction of sp³-hybridized carbons (Fsp3) is 0.375. The lowest BCUT2D eigenvalue weighted by Gasteiger charge is -2.07. The molecular weight excluding hydrogens is 222 g/mol. The Kier molecular flexibility index (Phi) is 2.92. The number of aryl methyl sites for hydroxylation is 1.